The minimum absolute atomic E-state index is 0.0755. The SMILES string of the molecule is C[C@@H](CO)N(C)C(=O)NCCSc1ccccc1F. The zero-order valence-corrected chi connectivity index (χ0v) is 11.9. The number of nitrogens with one attached hydrogen (secondary N) is 1. The second-order valence-corrected chi connectivity index (χ2v) is 5.29. The van der Waals surface area contributed by atoms with Crippen molar-refractivity contribution < 1.29 is 14.3 Å². The van der Waals surface area contributed by atoms with E-state index in [1.165, 1.54) is 22.7 Å². The van der Waals surface area contributed by atoms with Gasteiger partial charge < -0.3 is 15.3 Å². The molecule has 19 heavy (non-hydrogen) atoms. The van der Waals surface area contributed by atoms with Gasteiger partial charge in [-0.05, 0) is 19.1 Å². The van der Waals surface area contributed by atoms with E-state index in [2.05, 4.69) is 5.32 Å². The van der Waals surface area contributed by atoms with Crippen LogP contribution in [0.2, 0.25) is 0 Å². The van der Waals surface area contributed by atoms with E-state index < -0.39 is 0 Å². The van der Waals surface area contributed by atoms with Gasteiger partial charge in [0, 0.05) is 24.2 Å². The number of hydrogen-bond donors (Lipinski definition) is 2. The summed E-state index contributed by atoms with van der Waals surface area (Å²) in [5.41, 5.74) is 0. The summed E-state index contributed by atoms with van der Waals surface area (Å²) in [6.45, 7) is 2.13. The summed E-state index contributed by atoms with van der Waals surface area (Å²) in [5, 5.41) is 11.7. The molecule has 0 heterocycles. The summed E-state index contributed by atoms with van der Waals surface area (Å²) < 4.78 is 13.3. The van der Waals surface area contributed by atoms with Gasteiger partial charge in [0.25, 0.3) is 0 Å². The molecule has 4 nitrogen and oxygen atoms in total. The summed E-state index contributed by atoms with van der Waals surface area (Å²) in [7, 11) is 1.63. The minimum Gasteiger partial charge on any atom is -0.394 e. The van der Waals surface area contributed by atoms with E-state index in [1.54, 1.807) is 32.2 Å². The third kappa shape index (κ3) is 5.08. The van der Waals surface area contributed by atoms with Crippen LogP contribution in [0.5, 0.6) is 0 Å². The van der Waals surface area contributed by atoms with E-state index in [1.807, 2.05) is 0 Å². The van der Waals surface area contributed by atoms with Gasteiger partial charge in [0.1, 0.15) is 5.82 Å². The van der Waals surface area contributed by atoms with Gasteiger partial charge in [-0.3, -0.25) is 0 Å². The first-order valence-corrected chi connectivity index (χ1v) is 7.03. The average molecular weight is 286 g/mol. The summed E-state index contributed by atoms with van der Waals surface area (Å²) in [4.78, 5) is 13.7. The lowest BCUT2D eigenvalue weighted by atomic mass is 10.3. The maximum atomic E-state index is 13.3. The molecule has 0 radical (unpaired) electrons. The van der Waals surface area contributed by atoms with Gasteiger partial charge in [-0.2, -0.15) is 0 Å². The van der Waals surface area contributed by atoms with E-state index in [0.717, 1.165) is 0 Å². The molecule has 1 atom stereocenters. The van der Waals surface area contributed by atoms with Crippen molar-refractivity contribution in [3.8, 4) is 0 Å². The van der Waals surface area contributed by atoms with Crippen LogP contribution in [0.4, 0.5) is 9.18 Å². The van der Waals surface area contributed by atoms with Gasteiger partial charge in [0.15, 0.2) is 0 Å². The van der Waals surface area contributed by atoms with Crippen LogP contribution in [-0.4, -0.2) is 48.0 Å². The molecular formula is C13H19FN2O2S. The summed E-state index contributed by atoms with van der Waals surface area (Å²) in [6, 6.07) is 6.09. The highest BCUT2D eigenvalue weighted by molar-refractivity contribution is 7.99. The fourth-order valence-electron chi connectivity index (χ4n) is 1.33. The van der Waals surface area contributed by atoms with Crippen molar-refractivity contribution in [3.63, 3.8) is 0 Å². The number of likely N-dealkylation sites (N-methyl/N-ethyl adjacent to an activating group) is 1. The van der Waals surface area contributed by atoms with E-state index in [9.17, 15) is 9.18 Å². The van der Waals surface area contributed by atoms with Gasteiger partial charge in [0.2, 0.25) is 0 Å². The molecule has 0 spiro atoms. The summed E-state index contributed by atoms with van der Waals surface area (Å²) >= 11 is 1.36. The molecule has 6 heteroatoms. The Kier molecular flexibility index (Phi) is 6.66. The third-order valence-corrected chi connectivity index (χ3v) is 3.77. The molecule has 1 aromatic rings. The Morgan fingerprint density at radius 2 is 2.21 bits per heavy atom. The zero-order valence-electron chi connectivity index (χ0n) is 11.1. The van der Waals surface area contributed by atoms with Crippen LogP contribution >= 0.6 is 11.8 Å². The van der Waals surface area contributed by atoms with Crippen molar-refractivity contribution in [2.24, 2.45) is 0 Å². The zero-order chi connectivity index (χ0) is 14.3. The number of aliphatic hydroxyl groups excluding tert-OH is 1. The van der Waals surface area contributed by atoms with Gasteiger partial charge in [0.05, 0.1) is 12.6 Å². The van der Waals surface area contributed by atoms with Gasteiger partial charge in [-0.1, -0.05) is 12.1 Å². The number of aliphatic hydroxyl groups is 1. The number of halogens is 1. The molecule has 106 valence electrons. The minimum atomic E-state index is -0.246. The standard InChI is InChI=1S/C13H19FN2O2S/c1-10(9-17)16(2)13(18)15-7-8-19-12-6-4-3-5-11(12)14/h3-6,10,17H,7-9H2,1-2H3,(H,15,18)/t10-/m0/s1. The van der Waals surface area contributed by atoms with Crippen LogP contribution in [0.3, 0.4) is 0 Å². The number of thioether (sulfide) groups is 1. The lowest BCUT2D eigenvalue weighted by Crippen LogP contribution is -2.44. The van der Waals surface area contributed by atoms with E-state index in [4.69, 9.17) is 5.11 Å². The second-order valence-electron chi connectivity index (χ2n) is 4.15. The van der Waals surface area contributed by atoms with E-state index in [-0.39, 0.29) is 24.5 Å². The number of nitrogens with zero attached hydrogens (tertiary/aromatic N) is 1. The number of carbonyl (C=O) groups excluding carboxylic acids is 1. The Balaban J connectivity index is 2.28. The highest BCUT2D eigenvalue weighted by Gasteiger charge is 2.13. The summed E-state index contributed by atoms with van der Waals surface area (Å²) in [6.07, 6.45) is 0. The number of hydrogen-bond acceptors (Lipinski definition) is 3. The first-order chi connectivity index (χ1) is 9.06. The molecule has 2 amide bonds. The number of benzene rings is 1. The Bertz CT molecular complexity index is 417. The predicted molar refractivity (Wildman–Crippen MR) is 74.8 cm³/mol. The number of carbonyl (C=O) groups is 1. The Morgan fingerprint density at radius 3 is 2.84 bits per heavy atom. The smallest absolute Gasteiger partial charge is 0.317 e. The second kappa shape index (κ2) is 8.01. The third-order valence-electron chi connectivity index (χ3n) is 2.72. The highest BCUT2D eigenvalue weighted by atomic mass is 32.2. The number of urea groups is 1. The predicted octanol–water partition coefficient (Wildman–Crippen LogP) is 1.94. The van der Waals surface area contributed by atoms with Crippen molar-refractivity contribution in [1.82, 2.24) is 10.2 Å². The largest absolute Gasteiger partial charge is 0.394 e. The Morgan fingerprint density at radius 1 is 1.53 bits per heavy atom. The maximum Gasteiger partial charge on any atom is 0.317 e. The molecule has 0 fully saturated rings. The molecule has 0 saturated heterocycles. The maximum absolute atomic E-state index is 13.3. The molecule has 0 bridgehead atoms. The molecule has 0 aliphatic carbocycles. The van der Waals surface area contributed by atoms with Crippen LogP contribution in [0, 0.1) is 5.82 Å². The van der Waals surface area contributed by atoms with Crippen LogP contribution < -0.4 is 5.32 Å². The van der Waals surface area contributed by atoms with Crippen LogP contribution in [-0.2, 0) is 0 Å². The molecule has 2 N–H and O–H groups in total. The highest BCUT2D eigenvalue weighted by Crippen LogP contribution is 2.20. The Labute approximate surface area is 117 Å². The van der Waals surface area contributed by atoms with E-state index in [0.29, 0.717) is 17.2 Å². The molecular weight excluding hydrogens is 267 g/mol. The quantitative estimate of drug-likeness (QED) is 0.621. The molecule has 0 saturated carbocycles. The topological polar surface area (TPSA) is 52.6 Å². The van der Waals surface area contributed by atoms with Gasteiger partial charge in [-0.15, -0.1) is 11.8 Å². The molecule has 0 aliphatic heterocycles. The van der Waals surface area contributed by atoms with Crippen molar-refractivity contribution >= 4 is 17.8 Å². The van der Waals surface area contributed by atoms with Crippen molar-refractivity contribution in [2.45, 2.75) is 17.9 Å². The number of amides is 2. The van der Waals surface area contributed by atoms with Crippen LogP contribution in [0.25, 0.3) is 0 Å². The first-order valence-electron chi connectivity index (χ1n) is 6.05. The molecule has 1 aromatic carbocycles. The van der Waals surface area contributed by atoms with Crippen LogP contribution in [0.1, 0.15) is 6.92 Å². The fourth-order valence-corrected chi connectivity index (χ4v) is 2.13. The molecule has 0 aromatic heterocycles. The first kappa shape index (κ1) is 15.8. The molecule has 1 rings (SSSR count). The van der Waals surface area contributed by atoms with Crippen molar-refractivity contribution in [1.29, 1.82) is 0 Å². The van der Waals surface area contributed by atoms with Crippen LogP contribution in [0.15, 0.2) is 29.2 Å². The normalized spacial score (nSPS) is 12.0. The summed E-state index contributed by atoms with van der Waals surface area (Å²) in [5.74, 6) is 0.346. The van der Waals surface area contributed by atoms with Gasteiger partial charge >= 0.3 is 6.03 Å². The fraction of sp³-hybridized carbons (Fsp3) is 0.462. The molecule has 0 aliphatic rings. The average Bonchev–Trinajstić information content (AvgIpc) is 2.43. The van der Waals surface area contributed by atoms with Gasteiger partial charge in [-0.25, -0.2) is 9.18 Å². The van der Waals surface area contributed by atoms with Crippen molar-refractivity contribution in [2.75, 3.05) is 26.0 Å². The lowest BCUT2D eigenvalue weighted by Gasteiger charge is -2.23. The monoisotopic (exact) mass is 286 g/mol. The molecule has 0 unspecified atom stereocenters. The van der Waals surface area contributed by atoms with E-state index >= 15 is 0 Å². The van der Waals surface area contributed by atoms with Crippen molar-refractivity contribution in [3.05, 3.63) is 30.1 Å². The number of rotatable bonds is 6. The Hall–Kier alpha value is -1.27. The lowest BCUT2D eigenvalue weighted by molar-refractivity contribution is 0.158.